The lowest BCUT2D eigenvalue weighted by Gasteiger charge is -2.21. The van der Waals surface area contributed by atoms with Gasteiger partial charge in [0.2, 0.25) is 0 Å². The second kappa shape index (κ2) is 3.68. The molecule has 0 aromatic heterocycles. The second-order valence-corrected chi connectivity index (χ2v) is 4.44. The lowest BCUT2D eigenvalue weighted by atomic mass is 9.75. The van der Waals surface area contributed by atoms with Crippen molar-refractivity contribution in [1.82, 2.24) is 0 Å². The van der Waals surface area contributed by atoms with Crippen LogP contribution >= 0.6 is 0 Å². The van der Waals surface area contributed by atoms with E-state index in [0.717, 1.165) is 13.0 Å². The third-order valence-electron chi connectivity index (χ3n) is 3.02. The molecule has 0 amide bonds. The summed E-state index contributed by atoms with van der Waals surface area (Å²) in [6, 6.07) is 0. The molecule has 0 aliphatic carbocycles. The van der Waals surface area contributed by atoms with Crippen LogP contribution < -0.4 is 0 Å². The van der Waals surface area contributed by atoms with Crippen LogP contribution in [0.4, 0.5) is 0 Å². The first-order valence-electron chi connectivity index (χ1n) is 5.19. The summed E-state index contributed by atoms with van der Waals surface area (Å²) in [6.07, 6.45) is 3.15. The van der Waals surface area contributed by atoms with Crippen LogP contribution in [-0.2, 0) is 14.0 Å². The van der Waals surface area contributed by atoms with Gasteiger partial charge in [-0.15, -0.1) is 0 Å². The topological polar surface area (TPSA) is 27.7 Å². The fourth-order valence-corrected chi connectivity index (χ4v) is 1.67. The molecular weight excluding hydrogens is 179 g/mol. The Labute approximate surface area is 85.6 Å². The molecule has 1 fully saturated rings. The third-order valence-corrected chi connectivity index (χ3v) is 3.02. The number of rotatable bonds is 1. The third kappa shape index (κ3) is 1.87. The first kappa shape index (κ1) is 10.2. The lowest BCUT2D eigenvalue weighted by molar-refractivity contribution is 0.0840. The fourth-order valence-electron chi connectivity index (χ4n) is 1.67. The van der Waals surface area contributed by atoms with E-state index < -0.39 is 0 Å². The van der Waals surface area contributed by atoms with Crippen LogP contribution in [0.5, 0.6) is 0 Å². The molecule has 0 saturated carbocycles. The zero-order valence-electron chi connectivity index (χ0n) is 9.08. The van der Waals surface area contributed by atoms with Crippen LogP contribution in [-0.4, -0.2) is 32.0 Å². The van der Waals surface area contributed by atoms with Crippen LogP contribution in [0.2, 0.25) is 0 Å². The molecule has 0 aromatic carbocycles. The first-order chi connectivity index (χ1) is 6.59. The molecular formula is C10H17BO3. The highest BCUT2D eigenvalue weighted by molar-refractivity contribution is 6.54. The standard InChI is InChI=1S/C10H17BO3/c1-8-10(2,3)14-11(13-8)9-4-6-12-7-5-9/h4,8H,5-7H2,1-3H3. The van der Waals surface area contributed by atoms with E-state index >= 15 is 0 Å². The zero-order valence-corrected chi connectivity index (χ0v) is 9.08. The van der Waals surface area contributed by atoms with Gasteiger partial charge in [0.15, 0.2) is 0 Å². The Morgan fingerprint density at radius 3 is 2.79 bits per heavy atom. The van der Waals surface area contributed by atoms with Crippen molar-refractivity contribution in [2.45, 2.75) is 38.9 Å². The summed E-state index contributed by atoms with van der Waals surface area (Å²) in [4.78, 5) is 0. The van der Waals surface area contributed by atoms with Crippen LogP contribution in [0.25, 0.3) is 0 Å². The van der Waals surface area contributed by atoms with Crippen molar-refractivity contribution in [3.63, 3.8) is 0 Å². The summed E-state index contributed by atoms with van der Waals surface area (Å²) in [5.74, 6) is 0. The van der Waals surface area contributed by atoms with Crippen molar-refractivity contribution in [2.24, 2.45) is 0 Å². The van der Waals surface area contributed by atoms with E-state index in [1.165, 1.54) is 5.47 Å². The predicted octanol–water partition coefficient (Wildman–Crippen LogP) is 1.57. The summed E-state index contributed by atoms with van der Waals surface area (Å²) < 4.78 is 16.9. The quantitative estimate of drug-likeness (QED) is 0.596. The maximum Gasteiger partial charge on any atom is 0.490 e. The SMILES string of the molecule is CC1OB(C2=CCOCC2)OC1(C)C. The van der Waals surface area contributed by atoms with Gasteiger partial charge >= 0.3 is 7.12 Å². The molecule has 0 radical (unpaired) electrons. The van der Waals surface area contributed by atoms with Gasteiger partial charge < -0.3 is 14.0 Å². The molecule has 2 rings (SSSR count). The van der Waals surface area contributed by atoms with Gasteiger partial charge in [0, 0.05) is 0 Å². The van der Waals surface area contributed by atoms with Gasteiger partial charge in [-0.25, -0.2) is 0 Å². The van der Waals surface area contributed by atoms with Crippen LogP contribution in [0, 0.1) is 0 Å². The van der Waals surface area contributed by atoms with Crippen molar-refractivity contribution in [3.05, 3.63) is 11.5 Å². The maximum absolute atomic E-state index is 5.85. The molecule has 1 saturated heterocycles. The van der Waals surface area contributed by atoms with Crippen LogP contribution in [0.1, 0.15) is 27.2 Å². The minimum absolute atomic E-state index is 0.149. The molecule has 78 valence electrons. The summed E-state index contributed by atoms with van der Waals surface area (Å²) >= 11 is 0. The normalized spacial score (nSPS) is 31.8. The van der Waals surface area contributed by atoms with Gasteiger partial charge in [0.25, 0.3) is 0 Å². The van der Waals surface area contributed by atoms with Crippen LogP contribution in [0.3, 0.4) is 0 Å². The molecule has 1 unspecified atom stereocenters. The van der Waals surface area contributed by atoms with Gasteiger partial charge in [-0.2, -0.15) is 0 Å². The molecule has 0 spiro atoms. The average molecular weight is 196 g/mol. The molecule has 0 N–H and O–H groups in total. The largest absolute Gasteiger partial charge is 0.490 e. The first-order valence-corrected chi connectivity index (χ1v) is 5.19. The van der Waals surface area contributed by atoms with Crippen molar-refractivity contribution in [2.75, 3.05) is 13.2 Å². The van der Waals surface area contributed by atoms with E-state index in [1.54, 1.807) is 0 Å². The van der Waals surface area contributed by atoms with Gasteiger partial charge in [0.1, 0.15) is 0 Å². The molecule has 0 aromatic rings. The Balaban J connectivity index is 2.04. The molecule has 3 nitrogen and oxygen atoms in total. The van der Waals surface area contributed by atoms with Crippen molar-refractivity contribution >= 4 is 7.12 Å². The average Bonchev–Trinajstić information content (AvgIpc) is 2.43. The molecule has 1 atom stereocenters. The van der Waals surface area contributed by atoms with E-state index in [2.05, 4.69) is 26.8 Å². The Morgan fingerprint density at radius 2 is 2.29 bits per heavy atom. The van der Waals surface area contributed by atoms with Gasteiger partial charge in [-0.3, -0.25) is 0 Å². The minimum atomic E-state index is -0.177. The van der Waals surface area contributed by atoms with E-state index in [1.807, 2.05) is 0 Å². The number of ether oxygens (including phenoxy) is 1. The molecule has 14 heavy (non-hydrogen) atoms. The van der Waals surface area contributed by atoms with Crippen molar-refractivity contribution in [3.8, 4) is 0 Å². The van der Waals surface area contributed by atoms with E-state index in [0.29, 0.717) is 6.61 Å². The summed E-state index contributed by atoms with van der Waals surface area (Å²) in [5.41, 5.74) is 1.05. The van der Waals surface area contributed by atoms with Crippen molar-refractivity contribution in [1.29, 1.82) is 0 Å². The maximum atomic E-state index is 5.85. The summed E-state index contributed by atoms with van der Waals surface area (Å²) in [5, 5.41) is 0. The number of hydrogen-bond donors (Lipinski definition) is 0. The highest BCUT2D eigenvalue weighted by Gasteiger charge is 2.44. The molecule has 0 bridgehead atoms. The Bertz CT molecular complexity index is 250. The second-order valence-electron chi connectivity index (χ2n) is 4.44. The van der Waals surface area contributed by atoms with Crippen LogP contribution in [0.15, 0.2) is 11.5 Å². The minimum Gasteiger partial charge on any atom is -0.402 e. The lowest BCUT2D eigenvalue weighted by Crippen LogP contribution is -2.30. The van der Waals surface area contributed by atoms with E-state index in [-0.39, 0.29) is 18.8 Å². The molecule has 2 heterocycles. The number of hydrogen-bond acceptors (Lipinski definition) is 3. The highest BCUT2D eigenvalue weighted by Crippen LogP contribution is 2.31. The molecule has 2 aliphatic heterocycles. The van der Waals surface area contributed by atoms with Gasteiger partial charge in [0.05, 0.1) is 24.9 Å². The highest BCUT2D eigenvalue weighted by atomic mass is 16.7. The summed E-state index contributed by atoms with van der Waals surface area (Å²) in [6.45, 7) is 7.66. The van der Waals surface area contributed by atoms with Gasteiger partial charge in [-0.1, -0.05) is 6.08 Å². The summed E-state index contributed by atoms with van der Waals surface area (Å²) in [7, 11) is -0.149. The Kier molecular flexibility index (Phi) is 2.69. The Morgan fingerprint density at radius 1 is 1.50 bits per heavy atom. The molecule has 4 heteroatoms. The van der Waals surface area contributed by atoms with E-state index in [4.69, 9.17) is 14.0 Å². The smallest absolute Gasteiger partial charge is 0.402 e. The van der Waals surface area contributed by atoms with E-state index in [9.17, 15) is 0 Å². The zero-order chi connectivity index (χ0) is 10.2. The fraction of sp³-hybridized carbons (Fsp3) is 0.800. The Hall–Kier alpha value is -0.315. The monoisotopic (exact) mass is 196 g/mol. The predicted molar refractivity (Wildman–Crippen MR) is 55.0 cm³/mol. The molecule has 2 aliphatic rings. The van der Waals surface area contributed by atoms with Gasteiger partial charge in [-0.05, 0) is 32.7 Å². The van der Waals surface area contributed by atoms with Crippen molar-refractivity contribution < 1.29 is 14.0 Å².